The molecule has 4 heteroatoms. The summed E-state index contributed by atoms with van der Waals surface area (Å²) >= 11 is 0. The van der Waals surface area contributed by atoms with E-state index in [0.29, 0.717) is 0 Å². The van der Waals surface area contributed by atoms with Gasteiger partial charge in [-0.15, -0.1) is 0 Å². The molecule has 0 spiro atoms. The van der Waals surface area contributed by atoms with Crippen molar-refractivity contribution in [1.82, 2.24) is 0 Å². The largest absolute Gasteiger partial charge is 0.462 e. The van der Waals surface area contributed by atoms with Gasteiger partial charge in [-0.25, -0.2) is 0 Å². The predicted octanol–water partition coefficient (Wildman–Crippen LogP) is 13.4. The van der Waals surface area contributed by atoms with Crippen molar-refractivity contribution in [2.45, 2.75) is 245 Å². The lowest BCUT2D eigenvalue weighted by Gasteiger charge is -2.19. The van der Waals surface area contributed by atoms with Crippen LogP contribution in [-0.4, -0.2) is 24.1 Å². The Balaban J connectivity index is 4.61. The molecule has 4 nitrogen and oxygen atoms in total. The zero-order valence-corrected chi connectivity index (χ0v) is 30.4. The van der Waals surface area contributed by atoms with Crippen molar-refractivity contribution in [1.29, 1.82) is 0 Å². The highest BCUT2D eigenvalue weighted by atomic mass is 16.5. The van der Waals surface area contributed by atoms with Crippen molar-refractivity contribution in [3.8, 4) is 0 Å². The van der Waals surface area contributed by atoms with E-state index in [1.165, 1.54) is 141 Å². The highest BCUT2D eigenvalue weighted by Gasteiger charge is 2.18. The van der Waals surface area contributed by atoms with Gasteiger partial charge in [-0.2, -0.15) is 0 Å². The van der Waals surface area contributed by atoms with E-state index in [4.69, 9.17) is 9.47 Å². The maximum Gasteiger partial charge on any atom is 0.306 e. The Morgan fingerprint density at radius 2 is 0.545 bits per heavy atom. The maximum atomic E-state index is 12.8. The molecule has 0 saturated heterocycles. The van der Waals surface area contributed by atoms with Gasteiger partial charge in [-0.1, -0.05) is 169 Å². The molecule has 2 unspecified atom stereocenters. The number of carbonyl (C=O) groups excluding carboxylic acids is 2. The second-order valence-corrected chi connectivity index (χ2v) is 13.7. The Kier molecular flexibility index (Phi) is 34.0. The second-order valence-electron chi connectivity index (χ2n) is 13.7. The maximum absolute atomic E-state index is 12.8. The third-order valence-electron chi connectivity index (χ3n) is 9.15. The minimum absolute atomic E-state index is 0.00174. The van der Waals surface area contributed by atoms with E-state index >= 15 is 0 Å². The third-order valence-corrected chi connectivity index (χ3v) is 9.15. The van der Waals surface area contributed by atoms with Crippen LogP contribution in [0.1, 0.15) is 233 Å². The normalized spacial score (nSPS) is 12.7. The molecule has 0 radical (unpaired) electrons. The fraction of sp³-hybridized carbons (Fsp3) is 0.950. The van der Waals surface area contributed by atoms with Crippen molar-refractivity contribution in [3.63, 3.8) is 0 Å². The smallest absolute Gasteiger partial charge is 0.306 e. The van der Waals surface area contributed by atoms with Crippen LogP contribution < -0.4 is 0 Å². The quantitative estimate of drug-likeness (QED) is 0.0521. The first-order chi connectivity index (χ1) is 21.6. The van der Waals surface area contributed by atoms with Crippen LogP contribution in [0.2, 0.25) is 0 Å². The van der Waals surface area contributed by atoms with E-state index in [-0.39, 0.29) is 37.0 Å². The van der Waals surface area contributed by atoms with E-state index in [0.717, 1.165) is 51.4 Å². The summed E-state index contributed by atoms with van der Waals surface area (Å²) < 4.78 is 11.9. The lowest BCUT2D eigenvalue weighted by Crippen LogP contribution is -2.21. The lowest BCUT2D eigenvalue weighted by molar-refractivity contribution is -0.156. The van der Waals surface area contributed by atoms with Crippen LogP contribution in [0.25, 0.3) is 0 Å². The molecule has 0 aliphatic heterocycles. The van der Waals surface area contributed by atoms with Gasteiger partial charge < -0.3 is 9.47 Å². The number of rotatable bonds is 35. The summed E-state index contributed by atoms with van der Waals surface area (Å²) in [6.07, 6.45) is 36.9. The molecular formula is C40H78O4. The molecule has 0 aromatic heterocycles. The molecule has 2 atom stereocenters. The molecule has 0 N–H and O–H groups in total. The lowest BCUT2D eigenvalue weighted by atomic mass is 10.0. The summed E-state index contributed by atoms with van der Waals surface area (Å²) in [5.41, 5.74) is 0. The van der Waals surface area contributed by atoms with Gasteiger partial charge in [0.15, 0.2) is 0 Å². The minimum atomic E-state index is -0.222. The van der Waals surface area contributed by atoms with Gasteiger partial charge in [0.05, 0.1) is 12.8 Å². The molecule has 0 heterocycles. The number of esters is 2. The van der Waals surface area contributed by atoms with Crippen LogP contribution in [0.15, 0.2) is 0 Å². The average molecular weight is 623 g/mol. The summed E-state index contributed by atoms with van der Waals surface area (Å²) in [6, 6.07) is 0. The zero-order valence-electron chi connectivity index (χ0n) is 30.4. The number of unbranched alkanes of at least 4 members (excludes halogenated alkanes) is 22. The standard InChI is InChI=1S/C40H78O4/c1-5-9-13-17-21-25-29-33-37(31-27-23-19-15-11-7-3)43-39(41)35-36-40(42)44-38(32-28-24-20-16-12-8-4)34-30-26-22-18-14-10-6-2/h37-38H,5-36H2,1-4H3. The van der Waals surface area contributed by atoms with Gasteiger partial charge in [0, 0.05) is 0 Å². The second kappa shape index (κ2) is 34.8. The molecule has 0 rings (SSSR count). The molecule has 262 valence electrons. The molecule has 0 aromatic carbocycles. The van der Waals surface area contributed by atoms with E-state index in [1.807, 2.05) is 0 Å². The predicted molar refractivity (Wildman–Crippen MR) is 190 cm³/mol. The number of hydrogen-bond donors (Lipinski definition) is 0. The summed E-state index contributed by atoms with van der Waals surface area (Å²) in [5, 5.41) is 0. The molecule has 0 aliphatic carbocycles. The highest BCUT2D eigenvalue weighted by molar-refractivity contribution is 5.77. The van der Waals surface area contributed by atoms with Crippen LogP contribution in [0.5, 0.6) is 0 Å². The average Bonchev–Trinajstić information content (AvgIpc) is 3.02. The first-order valence-corrected chi connectivity index (χ1v) is 20.0. The molecule has 0 saturated carbocycles. The van der Waals surface area contributed by atoms with Gasteiger partial charge >= 0.3 is 11.9 Å². The summed E-state index contributed by atoms with van der Waals surface area (Å²) in [4.78, 5) is 25.6. The van der Waals surface area contributed by atoms with Gasteiger partial charge in [-0.3, -0.25) is 9.59 Å². The van der Waals surface area contributed by atoms with Gasteiger partial charge in [-0.05, 0) is 51.4 Å². The van der Waals surface area contributed by atoms with E-state index in [1.54, 1.807) is 0 Å². The molecule has 44 heavy (non-hydrogen) atoms. The molecule has 0 aromatic rings. The molecule has 0 amide bonds. The van der Waals surface area contributed by atoms with Crippen molar-refractivity contribution in [2.24, 2.45) is 0 Å². The summed E-state index contributed by atoms with van der Waals surface area (Å²) in [6.45, 7) is 9.01. The fourth-order valence-electron chi connectivity index (χ4n) is 6.18. The van der Waals surface area contributed by atoms with Crippen molar-refractivity contribution < 1.29 is 19.1 Å². The minimum Gasteiger partial charge on any atom is -0.462 e. The van der Waals surface area contributed by atoms with Crippen molar-refractivity contribution >= 4 is 11.9 Å². The van der Waals surface area contributed by atoms with Crippen molar-refractivity contribution in [2.75, 3.05) is 0 Å². The Labute approximate surface area is 276 Å². The SMILES string of the molecule is CCCCCCCCCC(CCCCCCCC)OC(=O)CCC(=O)OC(CCCCCCCC)CCCCCCCCC. The molecule has 0 bridgehead atoms. The van der Waals surface area contributed by atoms with Crippen LogP contribution >= 0.6 is 0 Å². The van der Waals surface area contributed by atoms with Crippen LogP contribution in [0.4, 0.5) is 0 Å². The van der Waals surface area contributed by atoms with E-state index in [2.05, 4.69) is 27.7 Å². The Morgan fingerprint density at radius 1 is 0.341 bits per heavy atom. The fourth-order valence-corrected chi connectivity index (χ4v) is 6.18. The van der Waals surface area contributed by atoms with Crippen LogP contribution in [-0.2, 0) is 19.1 Å². The highest BCUT2D eigenvalue weighted by Crippen LogP contribution is 2.20. The first-order valence-electron chi connectivity index (χ1n) is 20.0. The summed E-state index contributed by atoms with van der Waals surface area (Å²) in [7, 11) is 0. The molecular weight excluding hydrogens is 544 g/mol. The molecule has 0 fully saturated rings. The van der Waals surface area contributed by atoms with E-state index in [9.17, 15) is 9.59 Å². The number of hydrogen-bond acceptors (Lipinski definition) is 4. The first kappa shape index (κ1) is 42.9. The monoisotopic (exact) mass is 623 g/mol. The number of ether oxygens (including phenoxy) is 2. The Bertz CT molecular complexity index is 552. The summed E-state index contributed by atoms with van der Waals surface area (Å²) in [5.74, 6) is -0.444. The van der Waals surface area contributed by atoms with Crippen LogP contribution in [0.3, 0.4) is 0 Å². The third kappa shape index (κ3) is 30.9. The van der Waals surface area contributed by atoms with E-state index < -0.39 is 0 Å². The van der Waals surface area contributed by atoms with Gasteiger partial charge in [0.25, 0.3) is 0 Å². The molecule has 0 aliphatic rings. The Hall–Kier alpha value is -1.06. The Morgan fingerprint density at radius 3 is 0.773 bits per heavy atom. The van der Waals surface area contributed by atoms with Crippen LogP contribution in [0, 0.1) is 0 Å². The van der Waals surface area contributed by atoms with Crippen molar-refractivity contribution in [3.05, 3.63) is 0 Å². The topological polar surface area (TPSA) is 52.6 Å². The van der Waals surface area contributed by atoms with Gasteiger partial charge in [0.1, 0.15) is 12.2 Å². The van der Waals surface area contributed by atoms with Gasteiger partial charge in [0.2, 0.25) is 0 Å². The number of carbonyl (C=O) groups is 2. The zero-order chi connectivity index (χ0) is 32.4.